The Morgan fingerprint density at radius 2 is 1.88 bits per heavy atom. The number of likely N-dealkylation sites (N-methyl/N-ethyl adjacent to an activating group) is 1. The van der Waals surface area contributed by atoms with Gasteiger partial charge >= 0.3 is 0 Å². The highest BCUT2D eigenvalue weighted by atomic mass is 32.2. The lowest BCUT2D eigenvalue weighted by Gasteiger charge is -2.35. The van der Waals surface area contributed by atoms with Crippen LogP contribution in [0.4, 0.5) is 5.69 Å². The van der Waals surface area contributed by atoms with Gasteiger partial charge in [0.1, 0.15) is 6.33 Å². The van der Waals surface area contributed by atoms with Crippen LogP contribution < -0.4 is 5.32 Å². The van der Waals surface area contributed by atoms with Crippen molar-refractivity contribution in [2.75, 3.05) is 39.8 Å². The van der Waals surface area contributed by atoms with E-state index < -0.39 is 4.92 Å². The molecule has 1 aromatic heterocycles. The second-order valence-corrected chi connectivity index (χ2v) is 9.32. The van der Waals surface area contributed by atoms with E-state index in [9.17, 15) is 14.9 Å². The normalized spacial score (nSPS) is 15.7. The van der Waals surface area contributed by atoms with Crippen molar-refractivity contribution in [1.29, 1.82) is 0 Å². The van der Waals surface area contributed by atoms with Crippen molar-refractivity contribution in [1.82, 2.24) is 29.9 Å². The number of hydrogen-bond acceptors (Lipinski definition) is 8. The molecule has 1 unspecified atom stereocenters. The highest BCUT2D eigenvalue weighted by molar-refractivity contribution is 7.99. The minimum Gasteiger partial charge on any atom is -0.344 e. The third kappa shape index (κ3) is 5.79. The Morgan fingerprint density at radius 3 is 2.53 bits per heavy atom. The molecule has 2 aromatic carbocycles. The molecule has 11 heteroatoms. The number of rotatable bonds is 8. The number of piperazine rings is 1. The maximum atomic E-state index is 13.2. The summed E-state index contributed by atoms with van der Waals surface area (Å²) in [5.41, 5.74) is 1.10. The second-order valence-electron chi connectivity index (χ2n) is 8.31. The number of aromatic nitrogens is 3. The zero-order valence-corrected chi connectivity index (χ0v) is 19.9. The number of carbonyl (C=O) groups is 1. The van der Waals surface area contributed by atoms with Gasteiger partial charge in [-0.15, -0.1) is 10.2 Å². The summed E-state index contributed by atoms with van der Waals surface area (Å²) in [4.78, 5) is 29.5. The number of benzene rings is 2. The minimum absolute atomic E-state index is 0.143. The maximum absolute atomic E-state index is 13.2. The highest BCUT2D eigenvalue weighted by Gasteiger charge is 2.24. The monoisotopic (exact) mass is 481 g/mol. The Labute approximate surface area is 202 Å². The Hall–Kier alpha value is -3.28. The molecule has 4 rings (SSSR count). The van der Waals surface area contributed by atoms with Crippen LogP contribution in [-0.2, 0) is 7.05 Å². The predicted octanol–water partition coefficient (Wildman–Crippen LogP) is 2.59. The van der Waals surface area contributed by atoms with Crippen molar-refractivity contribution in [3.8, 4) is 0 Å². The molecule has 3 aromatic rings. The molecule has 0 spiro atoms. The van der Waals surface area contributed by atoms with Gasteiger partial charge in [0, 0.05) is 51.4 Å². The van der Waals surface area contributed by atoms with E-state index in [-0.39, 0.29) is 23.2 Å². The molecule has 2 heterocycles. The van der Waals surface area contributed by atoms with Gasteiger partial charge in [-0.25, -0.2) is 0 Å². The van der Waals surface area contributed by atoms with Crippen LogP contribution in [0.5, 0.6) is 0 Å². The van der Waals surface area contributed by atoms with E-state index in [4.69, 9.17) is 0 Å². The number of carbonyl (C=O) groups excluding carboxylic acids is 1. The van der Waals surface area contributed by atoms with Crippen molar-refractivity contribution in [3.05, 3.63) is 76.1 Å². The third-order valence-electron chi connectivity index (χ3n) is 5.83. The lowest BCUT2D eigenvalue weighted by Crippen LogP contribution is -2.47. The Bertz CT molecular complexity index is 1150. The predicted molar refractivity (Wildman–Crippen MR) is 129 cm³/mol. The molecule has 1 aliphatic rings. The number of hydrogen-bond donors (Lipinski definition) is 1. The van der Waals surface area contributed by atoms with Gasteiger partial charge in [-0.1, -0.05) is 30.3 Å². The number of amides is 1. The molecule has 1 aliphatic heterocycles. The van der Waals surface area contributed by atoms with Crippen molar-refractivity contribution in [2.24, 2.45) is 7.05 Å². The summed E-state index contributed by atoms with van der Waals surface area (Å²) < 4.78 is 1.68. The first kappa shape index (κ1) is 23.9. The third-order valence-corrected chi connectivity index (χ3v) is 6.95. The van der Waals surface area contributed by atoms with E-state index in [1.807, 2.05) is 30.3 Å². The average Bonchev–Trinajstić information content (AvgIpc) is 3.24. The largest absolute Gasteiger partial charge is 0.344 e. The zero-order valence-electron chi connectivity index (χ0n) is 19.1. The Morgan fingerprint density at radius 1 is 1.15 bits per heavy atom. The number of nitro groups is 1. The molecule has 1 saturated heterocycles. The zero-order chi connectivity index (χ0) is 24.1. The van der Waals surface area contributed by atoms with E-state index in [0.717, 1.165) is 43.5 Å². The summed E-state index contributed by atoms with van der Waals surface area (Å²) >= 11 is 1.14. The quantitative estimate of drug-likeness (QED) is 0.386. The molecule has 1 fully saturated rings. The molecule has 10 nitrogen and oxygen atoms in total. The number of nitrogens with zero attached hydrogens (tertiary/aromatic N) is 6. The highest BCUT2D eigenvalue weighted by Crippen LogP contribution is 2.34. The molecular formula is C23H27N7O3S. The Balaban J connectivity index is 1.54. The van der Waals surface area contributed by atoms with E-state index >= 15 is 0 Å². The lowest BCUT2D eigenvalue weighted by atomic mass is 10.0. The van der Waals surface area contributed by atoms with Gasteiger partial charge in [0.05, 0.1) is 15.9 Å². The number of nitro benzene ring substituents is 1. The molecule has 34 heavy (non-hydrogen) atoms. The van der Waals surface area contributed by atoms with E-state index in [2.05, 4.69) is 32.4 Å². The number of aryl methyl sites for hydroxylation is 1. The summed E-state index contributed by atoms with van der Waals surface area (Å²) in [6, 6.07) is 14.1. The second kappa shape index (κ2) is 10.8. The summed E-state index contributed by atoms with van der Waals surface area (Å²) in [5.74, 6) is -0.346. The van der Waals surface area contributed by atoms with Crippen LogP contribution in [0.3, 0.4) is 0 Å². The van der Waals surface area contributed by atoms with Crippen LogP contribution in [0.15, 0.2) is 64.9 Å². The van der Waals surface area contributed by atoms with Gasteiger partial charge in [0.25, 0.3) is 11.6 Å². The van der Waals surface area contributed by atoms with Crippen molar-refractivity contribution < 1.29 is 9.72 Å². The average molecular weight is 482 g/mol. The molecule has 1 atom stereocenters. The summed E-state index contributed by atoms with van der Waals surface area (Å²) in [6.45, 7) is 4.48. The van der Waals surface area contributed by atoms with Gasteiger partial charge in [0.15, 0.2) is 5.16 Å². The standard InChI is InChI=1S/C23H27N7O3S/c1-27-10-12-29(13-11-27)15-19(17-6-4-3-5-7-17)25-22(31)18-8-9-21(20(14-18)30(32)33)34-23-26-24-16-28(23)2/h3-9,14,16,19H,10-13,15H2,1-2H3,(H,25,31). The maximum Gasteiger partial charge on any atom is 0.284 e. The van der Waals surface area contributed by atoms with Crippen LogP contribution in [0.25, 0.3) is 0 Å². The minimum atomic E-state index is -0.478. The van der Waals surface area contributed by atoms with Gasteiger partial charge in [-0.3, -0.25) is 19.8 Å². The van der Waals surface area contributed by atoms with E-state index in [1.165, 1.54) is 12.4 Å². The summed E-state index contributed by atoms with van der Waals surface area (Å²) in [6.07, 6.45) is 1.53. The van der Waals surface area contributed by atoms with Gasteiger partial charge in [-0.2, -0.15) is 0 Å². The van der Waals surface area contributed by atoms with Gasteiger partial charge < -0.3 is 14.8 Å². The first-order chi connectivity index (χ1) is 16.4. The van der Waals surface area contributed by atoms with E-state index in [1.54, 1.807) is 23.7 Å². The molecule has 1 amide bonds. The number of nitrogens with one attached hydrogen (secondary N) is 1. The summed E-state index contributed by atoms with van der Waals surface area (Å²) in [5, 5.41) is 23.1. The smallest absolute Gasteiger partial charge is 0.284 e. The molecule has 0 aliphatic carbocycles. The van der Waals surface area contributed by atoms with Crippen molar-refractivity contribution >= 4 is 23.4 Å². The first-order valence-corrected chi connectivity index (χ1v) is 11.8. The van der Waals surface area contributed by atoms with Crippen LogP contribution in [0.1, 0.15) is 22.0 Å². The van der Waals surface area contributed by atoms with Crippen molar-refractivity contribution in [2.45, 2.75) is 16.1 Å². The fourth-order valence-electron chi connectivity index (χ4n) is 3.80. The molecule has 0 bridgehead atoms. The molecular weight excluding hydrogens is 454 g/mol. The van der Waals surface area contributed by atoms with Crippen molar-refractivity contribution in [3.63, 3.8) is 0 Å². The lowest BCUT2D eigenvalue weighted by molar-refractivity contribution is -0.387. The van der Waals surface area contributed by atoms with Gasteiger partial charge in [-0.05, 0) is 36.5 Å². The molecule has 178 valence electrons. The van der Waals surface area contributed by atoms with Crippen LogP contribution in [0, 0.1) is 10.1 Å². The fourth-order valence-corrected chi connectivity index (χ4v) is 4.65. The molecule has 1 N–H and O–H groups in total. The molecule has 0 saturated carbocycles. The Kier molecular flexibility index (Phi) is 7.56. The summed E-state index contributed by atoms with van der Waals surface area (Å²) in [7, 11) is 3.87. The van der Waals surface area contributed by atoms with E-state index in [0.29, 0.717) is 16.6 Å². The first-order valence-electron chi connectivity index (χ1n) is 11.0. The fraction of sp³-hybridized carbons (Fsp3) is 0.348. The topological polar surface area (TPSA) is 109 Å². The van der Waals surface area contributed by atoms with Crippen LogP contribution in [-0.4, -0.2) is 75.2 Å². The van der Waals surface area contributed by atoms with Crippen LogP contribution in [0.2, 0.25) is 0 Å². The molecule has 0 radical (unpaired) electrons. The van der Waals surface area contributed by atoms with Gasteiger partial charge in [0.2, 0.25) is 0 Å². The SMILES string of the molecule is CN1CCN(CC(NC(=O)c2ccc(Sc3nncn3C)c([N+](=O)[O-])c2)c2ccccc2)CC1. The van der Waals surface area contributed by atoms with Crippen LogP contribution >= 0.6 is 11.8 Å².